The maximum Gasteiger partial charge on any atom is 0.160 e. The highest BCUT2D eigenvalue weighted by Gasteiger charge is 2.19. The number of aromatic nitrogens is 3. The van der Waals surface area contributed by atoms with E-state index in [2.05, 4.69) is 39.9 Å². The smallest absolute Gasteiger partial charge is 0.160 e. The maximum atomic E-state index is 6.23. The second kappa shape index (κ2) is 5.54. The van der Waals surface area contributed by atoms with Gasteiger partial charge in [-0.2, -0.15) is 0 Å². The minimum absolute atomic E-state index is 0.314. The number of benzene rings is 1. The molecule has 3 rings (SSSR count). The molecule has 2 N–H and O–H groups in total. The number of pyridine rings is 1. The predicted molar refractivity (Wildman–Crippen MR) is 89.8 cm³/mol. The molecule has 0 unspecified atom stereocenters. The lowest BCUT2D eigenvalue weighted by atomic mass is 10.1. The summed E-state index contributed by atoms with van der Waals surface area (Å²) in [5.41, 5.74) is 10.1. The quantitative estimate of drug-likeness (QED) is 0.804. The number of hydrogen-bond acceptors (Lipinski definition) is 3. The minimum Gasteiger partial charge on any atom is -0.324 e. The van der Waals surface area contributed by atoms with Crippen molar-refractivity contribution in [1.29, 1.82) is 0 Å². The van der Waals surface area contributed by atoms with E-state index in [9.17, 15) is 0 Å². The average Bonchev–Trinajstić information content (AvgIpc) is 2.75. The Morgan fingerprint density at radius 3 is 2.59 bits per heavy atom. The van der Waals surface area contributed by atoms with E-state index in [0.717, 1.165) is 29.0 Å². The topological polar surface area (TPSA) is 56.7 Å². The Labute approximate surface area is 131 Å². The van der Waals surface area contributed by atoms with Gasteiger partial charge in [-0.3, -0.25) is 0 Å². The molecule has 3 aromatic rings. The molecule has 0 aliphatic heterocycles. The molecule has 0 aliphatic carbocycles. The molecule has 0 radical (unpaired) electrons. The molecule has 4 nitrogen and oxygen atoms in total. The fourth-order valence-electron chi connectivity index (χ4n) is 2.65. The summed E-state index contributed by atoms with van der Waals surface area (Å²) in [7, 11) is 0. The van der Waals surface area contributed by atoms with Crippen LogP contribution in [0.25, 0.3) is 11.2 Å². The molecular weight excluding hydrogens is 272 g/mol. The van der Waals surface area contributed by atoms with E-state index in [1.165, 1.54) is 5.56 Å². The van der Waals surface area contributed by atoms with E-state index in [1.807, 2.05) is 33.0 Å². The third-order valence-electron chi connectivity index (χ3n) is 3.57. The summed E-state index contributed by atoms with van der Waals surface area (Å²) in [5, 5.41) is 0. The standard InChI is InChI=1S/C18H22N4/c1-13-9-15-17(20-11-13)22(12-18(2,3)19)16(21-15)10-14-7-5-4-6-8-14/h4-9,11H,10,12,19H2,1-3H3. The molecule has 0 bridgehead atoms. The number of fused-ring (bicyclic) bond motifs is 1. The molecule has 0 saturated heterocycles. The molecule has 0 spiro atoms. The van der Waals surface area contributed by atoms with Crippen molar-refractivity contribution in [2.75, 3.05) is 0 Å². The van der Waals surface area contributed by atoms with Crippen LogP contribution in [0.4, 0.5) is 0 Å². The van der Waals surface area contributed by atoms with E-state index < -0.39 is 0 Å². The summed E-state index contributed by atoms with van der Waals surface area (Å²) in [4.78, 5) is 9.37. The number of imidazole rings is 1. The number of rotatable bonds is 4. The van der Waals surface area contributed by atoms with Gasteiger partial charge in [0.05, 0.1) is 0 Å². The first-order valence-electron chi connectivity index (χ1n) is 7.57. The van der Waals surface area contributed by atoms with E-state index in [1.54, 1.807) is 0 Å². The van der Waals surface area contributed by atoms with Gasteiger partial charge >= 0.3 is 0 Å². The number of aryl methyl sites for hydroxylation is 1. The highest BCUT2D eigenvalue weighted by atomic mass is 15.1. The van der Waals surface area contributed by atoms with Crippen LogP contribution in [0.3, 0.4) is 0 Å². The van der Waals surface area contributed by atoms with Crippen LogP contribution in [0.15, 0.2) is 42.6 Å². The summed E-state index contributed by atoms with van der Waals surface area (Å²) in [5.74, 6) is 1.01. The van der Waals surface area contributed by atoms with Crippen molar-refractivity contribution in [1.82, 2.24) is 14.5 Å². The van der Waals surface area contributed by atoms with Gasteiger partial charge in [0.2, 0.25) is 0 Å². The molecule has 4 heteroatoms. The zero-order valence-electron chi connectivity index (χ0n) is 13.4. The van der Waals surface area contributed by atoms with Crippen LogP contribution < -0.4 is 5.73 Å². The van der Waals surface area contributed by atoms with Gasteiger partial charge in [-0.25, -0.2) is 9.97 Å². The minimum atomic E-state index is -0.314. The molecule has 2 aromatic heterocycles. The van der Waals surface area contributed by atoms with Gasteiger partial charge in [-0.05, 0) is 38.0 Å². The van der Waals surface area contributed by atoms with Gasteiger partial charge in [-0.1, -0.05) is 30.3 Å². The number of nitrogens with two attached hydrogens (primary N) is 1. The lowest BCUT2D eigenvalue weighted by Crippen LogP contribution is -2.37. The Kier molecular flexibility index (Phi) is 3.71. The molecule has 0 aliphatic rings. The van der Waals surface area contributed by atoms with Crippen molar-refractivity contribution < 1.29 is 0 Å². The number of hydrogen-bond donors (Lipinski definition) is 1. The third-order valence-corrected chi connectivity index (χ3v) is 3.57. The molecule has 0 saturated carbocycles. The van der Waals surface area contributed by atoms with E-state index in [0.29, 0.717) is 6.54 Å². The molecule has 22 heavy (non-hydrogen) atoms. The zero-order chi connectivity index (χ0) is 15.7. The van der Waals surface area contributed by atoms with Crippen LogP contribution in [0.2, 0.25) is 0 Å². The van der Waals surface area contributed by atoms with Crippen molar-refractivity contribution in [2.45, 2.75) is 39.3 Å². The van der Waals surface area contributed by atoms with Crippen LogP contribution in [0, 0.1) is 6.92 Å². The van der Waals surface area contributed by atoms with E-state index in [4.69, 9.17) is 10.7 Å². The lowest BCUT2D eigenvalue weighted by Gasteiger charge is -2.21. The highest BCUT2D eigenvalue weighted by molar-refractivity contribution is 5.72. The molecule has 114 valence electrons. The van der Waals surface area contributed by atoms with Gasteiger partial charge in [0.25, 0.3) is 0 Å². The Balaban J connectivity index is 2.09. The van der Waals surface area contributed by atoms with E-state index in [-0.39, 0.29) is 5.54 Å². The molecule has 2 heterocycles. The fourth-order valence-corrected chi connectivity index (χ4v) is 2.65. The Bertz CT molecular complexity index is 782. The van der Waals surface area contributed by atoms with Gasteiger partial charge in [0.1, 0.15) is 11.3 Å². The fraction of sp³-hybridized carbons (Fsp3) is 0.333. The largest absolute Gasteiger partial charge is 0.324 e. The first kappa shape index (κ1) is 14.7. The molecular formula is C18H22N4. The Morgan fingerprint density at radius 2 is 1.91 bits per heavy atom. The molecule has 0 amide bonds. The van der Waals surface area contributed by atoms with Gasteiger partial charge < -0.3 is 10.3 Å². The van der Waals surface area contributed by atoms with Crippen LogP contribution in [0.5, 0.6) is 0 Å². The van der Waals surface area contributed by atoms with Crippen molar-refractivity contribution in [3.63, 3.8) is 0 Å². The normalized spacial score (nSPS) is 12.0. The molecule has 0 atom stereocenters. The van der Waals surface area contributed by atoms with Crippen molar-refractivity contribution in [3.05, 3.63) is 59.5 Å². The van der Waals surface area contributed by atoms with E-state index >= 15 is 0 Å². The summed E-state index contributed by atoms with van der Waals surface area (Å²) < 4.78 is 2.15. The van der Waals surface area contributed by atoms with Crippen LogP contribution in [0.1, 0.15) is 30.8 Å². The first-order valence-corrected chi connectivity index (χ1v) is 7.57. The second-order valence-electron chi connectivity index (χ2n) is 6.62. The zero-order valence-corrected chi connectivity index (χ0v) is 13.4. The van der Waals surface area contributed by atoms with Crippen LogP contribution in [-0.2, 0) is 13.0 Å². The average molecular weight is 294 g/mol. The monoisotopic (exact) mass is 294 g/mol. The van der Waals surface area contributed by atoms with Gasteiger partial charge in [0, 0.05) is 24.7 Å². The second-order valence-corrected chi connectivity index (χ2v) is 6.62. The predicted octanol–water partition coefficient (Wildman–Crippen LogP) is 3.07. The Morgan fingerprint density at radius 1 is 1.18 bits per heavy atom. The highest BCUT2D eigenvalue weighted by Crippen LogP contribution is 2.20. The summed E-state index contributed by atoms with van der Waals surface area (Å²) in [6.45, 7) is 6.79. The van der Waals surface area contributed by atoms with Crippen molar-refractivity contribution in [3.8, 4) is 0 Å². The summed E-state index contributed by atoms with van der Waals surface area (Å²) >= 11 is 0. The van der Waals surface area contributed by atoms with Crippen molar-refractivity contribution in [2.24, 2.45) is 5.73 Å². The lowest BCUT2D eigenvalue weighted by molar-refractivity contribution is 0.432. The van der Waals surface area contributed by atoms with Crippen molar-refractivity contribution >= 4 is 11.2 Å². The summed E-state index contributed by atoms with van der Waals surface area (Å²) in [6, 6.07) is 12.5. The molecule has 1 aromatic carbocycles. The summed E-state index contributed by atoms with van der Waals surface area (Å²) in [6.07, 6.45) is 2.67. The van der Waals surface area contributed by atoms with Crippen LogP contribution >= 0.6 is 0 Å². The Hall–Kier alpha value is -2.20. The first-order chi connectivity index (χ1) is 10.4. The molecule has 0 fully saturated rings. The number of nitrogens with zero attached hydrogens (tertiary/aromatic N) is 3. The maximum absolute atomic E-state index is 6.23. The van der Waals surface area contributed by atoms with Gasteiger partial charge in [0.15, 0.2) is 5.65 Å². The third kappa shape index (κ3) is 3.17. The van der Waals surface area contributed by atoms with Gasteiger partial charge in [-0.15, -0.1) is 0 Å². The van der Waals surface area contributed by atoms with Crippen LogP contribution in [-0.4, -0.2) is 20.1 Å². The SMILES string of the molecule is Cc1cnc2c(c1)nc(Cc1ccccc1)n2CC(C)(C)N.